The minimum Gasteiger partial charge on any atom is -0.481 e. The molecule has 0 aliphatic heterocycles. The molecule has 1 atom stereocenters. The van der Waals surface area contributed by atoms with Gasteiger partial charge in [0.1, 0.15) is 0 Å². The van der Waals surface area contributed by atoms with Crippen LogP contribution in [0.5, 0.6) is 0 Å². The Morgan fingerprint density at radius 3 is 2.45 bits per heavy atom. The topological polar surface area (TPSA) is 37.3 Å². The van der Waals surface area contributed by atoms with Crippen molar-refractivity contribution >= 4 is 5.97 Å². The van der Waals surface area contributed by atoms with E-state index in [1.807, 2.05) is 0 Å². The van der Waals surface area contributed by atoms with Gasteiger partial charge in [-0.1, -0.05) is 12.8 Å². The van der Waals surface area contributed by atoms with Gasteiger partial charge in [-0.3, -0.25) is 4.79 Å². The van der Waals surface area contributed by atoms with E-state index in [-0.39, 0.29) is 11.3 Å². The predicted octanol–water partition coefficient (Wildman–Crippen LogP) is 2.04. The standard InChI is InChI=1S/C9H14O2/c10-8(11)7-3-1-2-4-9(7)5-6-9/h7H,1-6H2,(H,10,11). The second-order valence-corrected chi connectivity index (χ2v) is 4.00. The van der Waals surface area contributed by atoms with Gasteiger partial charge >= 0.3 is 5.97 Å². The summed E-state index contributed by atoms with van der Waals surface area (Å²) >= 11 is 0. The van der Waals surface area contributed by atoms with Gasteiger partial charge in [0.25, 0.3) is 0 Å². The maximum atomic E-state index is 10.8. The predicted molar refractivity (Wildman–Crippen MR) is 41.3 cm³/mol. The Labute approximate surface area is 66.6 Å². The van der Waals surface area contributed by atoms with Gasteiger partial charge in [0.2, 0.25) is 0 Å². The van der Waals surface area contributed by atoms with Gasteiger partial charge < -0.3 is 5.11 Å². The van der Waals surface area contributed by atoms with E-state index >= 15 is 0 Å². The molecule has 1 N–H and O–H groups in total. The Kier molecular flexibility index (Phi) is 1.44. The summed E-state index contributed by atoms with van der Waals surface area (Å²) in [6, 6.07) is 0. The molecule has 0 aromatic carbocycles. The molecule has 0 saturated heterocycles. The van der Waals surface area contributed by atoms with Crippen molar-refractivity contribution in [3.8, 4) is 0 Å². The van der Waals surface area contributed by atoms with Crippen LogP contribution in [0.15, 0.2) is 0 Å². The van der Waals surface area contributed by atoms with E-state index in [9.17, 15) is 4.79 Å². The fourth-order valence-electron chi connectivity index (χ4n) is 2.45. The van der Waals surface area contributed by atoms with E-state index in [1.54, 1.807) is 0 Å². The van der Waals surface area contributed by atoms with Gasteiger partial charge in [-0.05, 0) is 31.1 Å². The van der Waals surface area contributed by atoms with Crippen LogP contribution in [0.4, 0.5) is 0 Å². The molecular weight excluding hydrogens is 140 g/mol. The van der Waals surface area contributed by atoms with Crippen LogP contribution in [0.1, 0.15) is 38.5 Å². The fraction of sp³-hybridized carbons (Fsp3) is 0.889. The van der Waals surface area contributed by atoms with Crippen LogP contribution in [0.25, 0.3) is 0 Å². The first-order chi connectivity index (χ1) is 5.25. The molecule has 0 aromatic rings. The van der Waals surface area contributed by atoms with Crippen LogP contribution in [-0.4, -0.2) is 11.1 Å². The minimum absolute atomic E-state index is 0.00347. The molecule has 0 aromatic heterocycles. The SMILES string of the molecule is O=C(O)C1CCCCC12CC2. The third-order valence-electron chi connectivity index (χ3n) is 3.35. The molecule has 62 valence electrons. The molecule has 2 aliphatic carbocycles. The molecule has 2 nitrogen and oxygen atoms in total. The highest BCUT2D eigenvalue weighted by Crippen LogP contribution is 2.59. The zero-order chi connectivity index (χ0) is 7.90. The number of hydrogen-bond donors (Lipinski definition) is 1. The van der Waals surface area contributed by atoms with Crippen molar-refractivity contribution in [1.29, 1.82) is 0 Å². The Hall–Kier alpha value is -0.530. The van der Waals surface area contributed by atoms with Crippen molar-refractivity contribution in [2.24, 2.45) is 11.3 Å². The molecule has 0 heterocycles. The van der Waals surface area contributed by atoms with E-state index in [4.69, 9.17) is 5.11 Å². The van der Waals surface area contributed by atoms with Crippen LogP contribution in [0.3, 0.4) is 0 Å². The third-order valence-corrected chi connectivity index (χ3v) is 3.35. The first-order valence-corrected chi connectivity index (χ1v) is 4.47. The highest BCUT2D eigenvalue weighted by atomic mass is 16.4. The van der Waals surface area contributed by atoms with Crippen molar-refractivity contribution in [3.05, 3.63) is 0 Å². The monoisotopic (exact) mass is 154 g/mol. The van der Waals surface area contributed by atoms with Gasteiger partial charge in [0.15, 0.2) is 0 Å². The van der Waals surface area contributed by atoms with Crippen molar-refractivity contribution in [1.82, 2.24) is 0 Å². The molecule has 0 bridgehead atoms. The largest absolute Gasteiger partial charge is 0.481 e. The van der Waals surface area contributed by atoms with E-state index < -0.39 is 5.97 Å². The lowest BCUT2D eigenvalue weighted by atomic mass is 9.76. The number of carboxylic acid groups (broad SMARTS) is 1. The molecule has 2 aliphatic rings. The summed E-state index contributed by atoms with van der Waals surface area (Å²) in [6.07, 6.45) is 6.82. The van der Waals surface area contributed by atoms with Crippen LogP contribution in [0.2, 0.25) is 0 Å². The molecule has 2 fully saturated rings. The van der Waals surface area contributed by atoms with E-state index in [2.05, 4.69) is 0 Å². The number of carbonyl (C=O) groups is 1. The van der Waals surface area contributed by atoms with Crippen LogP contribution < -0.4 is 0 Å². The number of aliphatic carboxylic acids is 1. The highest BCUT2D eigenvalue weighted by Gasteiger charge is 2.52. The first-order valence-electron chi connectivity index (χ1n) is 4.47. The summed E-state index contributed by atoms with van der Waals surface area (Å²) in [5, 5.41) is 8.91. The molecule has 11 heavy (non-hydrogen) atoms. The molecule has 1 unspecified atom stereocenters. The Morgan fingerprint density at radius 1 is 1.27 bits per heavy atom. The minimum atomic E-state index is -0.554. The number of carboxylic acids is 1. The summed E-state index contributed by atoms with van der Waals surface area (Å²) in [5.74, 6) is -0.557. The quantitative estimate of drug-likeness (QED) is 0.627. The lowest BCUT2D eigenvalue weighted by molar-refractivity contribution is -0.145. The van der Waals surface area contributed by atoms with Crippen LogP contribution in [-0.2, 0) is 4.79 Å². The zero-order valence-corrected chi connectivity index (χ0v) is 6.68. The molecule has 2 saturated carbocycles. The fourth-order valence-corrected chi connectivity index (χ4v) is 2.45. The maximum absolute atomic E-state index is 10.8. The van der Waals surface area contributed by atoms with Crippen molar-refractivity contribution in [2.75, 3.05) is 0 Å². The lowest BCUT2D eigenvalue weighted by Gasteiger charge is -2.27. The first kappa shape index (κ1) is 7.14. The van der Waals surface area contributed by atoms with Crippen LogP contribution in [0, 0.1) is 11.3 Å². The average Bonchev–Trinajstić information content (AvgIpc) is 2.70. The van der Waals surface area contributed by atoms with E-state index in [0.29, 0.717) is 0 Å². The summed E-state index contributed by atoms with van der Waals surface area (Å²) in [4.78, 5) is 10.8. The Balaban J connectivity index is 2.10. The smallest absolute Gasteiger partial charge is 0.307 e. The molecule has 1 spiro atoms. The molecular formula is C9H14O2. The van der Waals surface area contributed by atoms with Crippen molar-refractivity contribution in [2.45, 2.75) is 38.5 Å². The van der Waals surface area contributed by atoms with E-state index in [1.165, 1.54) is 25.7 Å². The second kappa shape index (κ2) is 2.23. The molecule has 0 radical (unpaired) electrons. The summed E-state index contributed by atoms with van der Waals surface area (Å²) in [6.45, 7) is 0. The van der Waals surface area contributed by atoms with Crippen molar-refractivity contribution < 1.29 is 9.90 Å². The Bertz CT molecular complexity index is 182. The van der Waals surface area contributed by atoms with Gasteiger partial charge in [0.05, 0.1) is 5.92 Å². The number of hydrogen-bond acceptors (Lipinski definition) is 1. The zero-order valence-electron chi connectivity index (χ0n) is 6.68. The second-order valence-electron chi connectivity index (χ2n) is 4.00. The van der Waals surface area contributed by atoms with Gasteiger partial charge in [-0.15, -0.1) is 0 Å². The van der Waals surface area contributed by atoms with Gasteiger partial charge in [0, 0.05) is 0 Å². The van der Waals surface area contributed by atoms with Crippen LogP contribution >= 0.6 is 0 Å². The maximum Gasteiger partial charge on any atom is 0.307 e. The Morgan fingerprint density at radius 2 is 2.00 bits per heavy atom. The highest BCUT2D eigenvalue weighted by molar-refractivity contribution is 5.71. The molecule has 2 heteroatoms. The summed E-state index contributed by atoms with van der Waals surface area (Å²) in [5.41, 5.74) is 0.268. The van der Waals surface area contributed by atoms with E-state index in [0.717, 1.165) is 12.8 Å². The number of rotatable bonds is 1. The average molecular weight is 154 g/mol. The third kappa shape index (κ3) is 1.05. The summed E-state index contributed by atoms with van der Waals surface area (Å²) < 4.78 is 0. The summed E-state index contributed by atoms with van der Waals surface area (Å²) in [7, 11) is 0. The normalized spacial score (nSPS) is 33.6. The van der Waals surface area contributed by atoms with Gasteiger partial charge in [-0.25, -0.2) is 0 Å². The molecule has 0 amide bonds. The van der Waals surface area contributed by atoms with Crippen molar-refractivity contribution in [3.63, 3.8) is 0 Å². The molecule has 2 rings (SSSR count). The van der Waals surface area contributed by atoms with Gasteiger partial charge in [-0.2, -0.15) is 0 Å². The lowest BCUT2D eigenvalue weighted by Crippen LogP contribution is -2.28.